The Kier molecular flexibility index (Phi) is 4.09. The standard InChI is InChI=1S/C26H25N3O3/c1-14-10-18(15(2)28-21-8-4-3-7-17(21)25(30)31)23-19(11-14)22-24(32-23)20(13-27-29-22)26-9-5-6-16(26)12-26/h3-4,7-8,10-11,13,15-16,28H,5-6,9,12H2,1-2H3,(H,30,31)/t15-,16?,26?/m1/s1. The molecule has 6 nitrogen and oxygen atoms in total. The molecule has 0 spiro atoms. The zero-order chi connectivity index (χ0) is 22.0. The molecule has 162 valence electrons. The van der Waals surface area contributed by atoms with Gasteiger partial charge in [-0.05, 0) is 62.8 Å². The average Bonchev–Trinajstić information content (AvgIpc) is 3.13. The van der Waals surface area contributed by atoms with E-state index in [1.807, 2.05) is 19.2 Å². The molecule has 2 heterocycles. The number of benzene rings is 2. The van der Waals surface area contributed by atoms with Crippen molar-refractivity contribution in [2.24, 2.45) is 5.92 Å². The molecule has 2 aliphatic rings. The highest BCUT2D eigenvalue weighted by Crippen LogP contribution is 2.65. The van der Waals surface area contributed by atoms with Gasteiger partial charge >= 0.3 is 5.97 Å². The van der Waals surface area contributed by atoms with Gasteiger partial charge in [0, 0.05) is 27.6 Å². The van der Waals surface area contributed by atoms with Gasteiger partial charge in [0.05, 0.1) is 17.8 Å². The molecule has 0 saturated heterocycles. The lowest BCUT2D eigenvalue weighted by atomic mass is 9.94. The van der Waals surface area contributed by atoms with Crippen LogP contribution < -0.4 is 5.32 Å². The minimum atomic E-state index is -0.951. The van der Waals surface area contributed by atoms with Crippen LogP contribution in [0, 0.1) is 12.8 Å². The number of aromatic carboxylic acids is 1. The number of para-hydroxylation sites is 1. The van der Waals surface area contributed by atoms with Crippen LogP contribution in [0.4, 0.5) is 5.69 Å². The molecule has 32 heavy (non-hydrogen) atoms. The van der Waals surface area contributed by atoms with Gasteiger partial charge < -0.3 is 14.8 Å². The molecule has 2 aromatic carbocycles. The Morgan fingerprint density at radius 1 is 1.28 bits per heavy atom. The molecule has 2 saturated carbocycles. The van der Waals surface area contributed by atoms with E-state index in [2.05, 4.69) is 34.6 Å². The molecule has 2 fully saturated rings. The molecule has 6 heteroatoms. The Balaban J connectivity index is 1.49. The number of rotatable bonds is 5. The SMILES string of the molecule is Cc1cc([C@@H](C)Nc2ccccc2C(=O)O)c2oc3c(C45CCCC4C5)cnnc3c2c1. The monoisotopic (exact) mass is 427 g/mol. The number of aromatic nitrogens is 2. The molecule has 6 rings (SSSR count). The number of hydrogen-bond acceptors (Lipinski definition) is 5. The number of anilines is 1. The van der Waals surface area contributed by atoms with Crippen molar-refractivity contribution >= 4 is 33.7 Å². The summed E-state index contributed by atoms with van der Waals surface area (Å²) in [5, 5.41) is 22.7. The van der Waals surface area contributed by atoms with Crippen LogP contribution in [0.2, 0.25) is 0 Å². The van der Waals surface area contributed by atoms with Gasteiger partial charge in [0.25, 0.3) is 0 Å². The summed E-state index contributed by atoms with van der Waals surface area (Å²) in [6.45, 7) is 4.09. The van der Waals surface area contributed by atoms with Crippen LogP contribution in [0.15, 0.2) is 47.0 Å². The van der Waals surface area contributed by atoms with E-state index in [1.54, 1.807) is 18.2 Å². The van der Waals surface area contributed by atoms with Gasteiger partial charge in [-0.2, -0.15) is 5.10 Å². The minimum Gasteiger partial charge on any atom is -0.478 e. The predicted molar refractivity (Wildman–Crippen MR) is 123 cm³/mol. The van der Waals surface area contributed by atoms with Gasteiger partial charge in [0.15, 0.2) is 5.58 Å². The molecular formula is C26H25N3O3. The summed E-state index contributed by atoms with van der Waals surface area (Å²) in [5.74, 6) is -0.203. The lowest BCUT2D eigenvalue weighted by Gasteiger charge is -2.18. The summed E-state index contributed by atoms with van der Waals surface area (Å²) < 4.78 is 6.55. The predicted octanol–water partition coefficient (Wildman–Crippen LogP) is 6.00. The fourth-order valence-corrected chi connectivity index (χ4v) is 5.83. The van der Waals surface area contributed by atoms with Crippen LogP contribution in [0.5, 0.6) is 0 Å². The summed E-state index contributed by atoms with van der Waals surface area (Å²) in [4.78, 5) is 11.6. The first-order valence-electron chi connectivity index (χ1n) is 11.3. The minimum absolute atomic E-state index is 0.159. The lowest BCUT2D eigenvalue weighted by molar-refractivity contribution is 0.0698. The average molecular weight is 428 g/mol. The molecular weight excluding hydrogens is 402 g/mol. The van der Waals surface area contributed by atoms with Gasteiger partial charge in [-0.1, -0.05) is 24.6 Å². The van der Waals surface area contributed by atoms with E-state index in [-0.39, 0.29) is 17.0 Å². The van der Waals surface area contributed by atoms with Crippen LogP contribution >= 0.6 is 0 Å². The Bertz CT molecular complexity index is 1390. The van der Waals surface area contributed by atoms with E-state index in [0.717, 1.165) is 39.1 Å². The first-order valence-corrected chi connectivity index (χ1v) is 11.3. The molecule has 2 N–H and O–H groups in total. The topological polar surface area (TPSA) is 88.2 Å². The Hall–Kier alpha value is -3.41. The molecule has 2 unspecified atom stereocenters. The molecule has 0 radical (unpaired) electrons. The summed E-state index contributed by atoms with van der Waals surface area (Å²) in [6, 6.07) is 11.0. The number of aryl methyl sites for hydroxylation is 1. The highest BCUT2D eigenvalue weighted by atomic mass is 16.4. The Morgan fingerprint density at radius 2 is 2.12 bits per heavy atom. The van der Waals surface area contributed by atoms with Crippen LogP contribution in [-0.2, 0) is 5.41 Å². The van der Waals surface area contributed by atoms with E-state index in [9.17, 15) is 9.90 Å². The lowest BCUT2D eigenvalue weighted by Crippen LogP contribution is -2.11. The fraction of sp³-hybridized carbons (Fsp3) is 0.346. The van der Waals surface area contributed by atoms with E-state index in [1.165, 1.54) is 31.2 Å². The smallest absolute Gasteiger partial charge is 0.337 e. The first kappa shape index (κ1) is 19.3. The summed E-state index contributed by atoms with van der Waals surface area (Å²) in [6.07, 6.45) is 6.89. The maximum Gasteiger partial charge on any atom is 0.337 e. The van der Waals surface area contributed by atoms with Crippen molar-refractivity contribution in [1.29, 1.82) is 0 Å². The van der Waals surface area contributed by atoms with Crippen LogP contribution in [-0.4, -0.2) is 21.3 Å². The maximum atomic E-state index is 11.6. The number of carboxylic acids is 1. The van der Waals surface area contributed by atoms with Crippen LogP contribution in [0.1, 0.15) is 65.7 Å². The van der Waals surface area contributed by atoms with Crippen LogP contribution in [0.25, 0.3) is 22.1 Å². The van der Waals surface area contributed by atoms with Crippen molar-refractivity contribution in [3.63, 3.8) is 0 Å². The van der Waals surface area contributed by atoms with Gasteiger partial charge in [-0.15, -0.1) is 5.10 Å². The van der Waals surface area contributed by atoms with Gasteiger partial charge in [0.2, 0.25) is 0 Å². The number of nitrogens with one attached hydrogen (secondary N) is 1. The van der Waals surface area contributed by atoms with Crippen molar-refractivity contribution in [2.75, 3.05) is 5.32 Å². The van der Waals surface area contributed by atoms with Gasteiger partial charge in [0.1, 0.15) is 11.1 Å². The van der Waals surface area contributed by atoms with Crippen LogP contribution in [0.3, 0.4) is 0 Å². The van der Waals surface area contributed by atoms with Crippen molar-refractivity contribution < 1.29 is 14.3 Å². The highest BCUT2D eigenvalue weighted by molar-refractivity contribution is 6.05. The molecule has 3 atom stereocenters. The normalized spacial score (nSPS) is 22.8. The molecule has 0 amide bonds. The summed E-state index contributed by atoms with van der Waals surface area (Å²) in [5.41, 5.74) is 6.85. The zero-order valence-electron chi connectivity index (χ0n) is 18.2. The molecule has 2 aromatic heterocycles. The Labute approximate surface area is 185 Å². The van der Waals surface area contributed by atoms with Crippen molar-refractivity contribution in [3.05, 3.63) is 64.8 Å². The fourth-order valence-electron chi connectivity index (χ4n) is 5.83. The van der Waals surface area contributed by atoms with E-state index in [0.29, 0.717) is 5.69 Å². The van der Waals surface area contributed by atoms with Crippen molar-refractivity contribution in [2.45, 2.75) is 51.0 Å². The Morgan fingerprint density at radius 3 is 2.88 bits per heavy atom. The van der Waals surface area contributed by atoms with E-state index < -0.39 is 5.97 Å². The summed E-state index contributed by atoms with van der Waals surface area (Å²) >= 11 is 0. The number of nitrogens with zero attached hydrogens (tertiary/aromatic N) is 2. The second-order valence-corrected chi connectivity index (χ2v) is 9.44. The van der Waals surface area contributed by atoms with Gasteiger partial charge in [-0.25, -0.2) is 4.79 Å². The largest absolute Gasteiger partial charge is 0.478 e. The molecule has 0 bridgehead atoms. The first-order chi connectivity index (χ1) is 15.5. The number of carbonyl (C=O) groups is 1. The third kappa shape index (κ3) is 2.75. The molecule has 0 aliphatic heterocycles. The number of carboxylic acid groups (broad SMARTS) is 1. The third-order valence-electron chi connectivity index (χ3n) is 7.47. The summed E-state index contributed by atoms with van der Waals surface area (Å²) in [7, 11) is 0. The number of furan rings is 1. The molecule has 2 aliphatic carbocycles. The maximum absolute atomic E-state index is 11.6. The van der Waals surface area contributed by atoms with Crippen molar-refractivity contribution in [3.8, 4) is 0 Å². The quantitative estimate of drug-likeness (QED) is 0.406. The van der Waals surface area contributed by atoms with Crippen molar-refractivity contribution in [1.82, 2.24) is 10.2 Å². The highest BCUT2D eigenvalue weighted by Gasteiger charge is 2.59. The second kappa shape index (κ2) is 6.79. The van der Waals surface area contributed by atoms with E-state index in [4.69, 9.17) is 4.42 Å². The zero-order valence-corrected chi connectivity index (χ0v) is 18.2. The van der Waals surface area contributed by atoms with Gasteiger partial charge in [-0.3, -0.25) is 0 Å². The number of fused-ring (bicyclic) bond motifs is 4. The second-order valence-electron chi connectivity index (χ2n) is 9.44. The van der Waals surface area contributed by atoms with E-state index >= 15 is 0 Å². The molecule has 4 aromatic rings. The number of hydrogen-bond donors (Lipinski definition) is 2. The third-order valence-corrected chi connectivity index (χ3v) is 7.47.